The second kappa shape index (κ2) is 9.55. The van der Waals surface area contributed by atoms with Crippen molar-refractivity contribution < 1.29 is 19.4 Å². The molecular weight excluding hydrogens is 408 g/mol. The zero-order chi connectivity index (χ0) is 23.3. The molecule has 1 heterocycles. The standard InChI is InChI=1S/C24H28N4O4/c1-24(2,3)14-27-21-8-15(22(29)30)6-7-20(21)16-12-25-23(26-13-16)28-17-9-18(31-4)11-19(10-17)32-5/h6-13,27H,14H2,1-5H3,(H,29,30)(H,25,26,28). The van der Waals surface area contributed by atoms with Crippen LogP contribution in [0.25, 0.3) is 11.1 Å². The summed E-state index contributed by atoms with van der Waals surface area (Å²) in [7, 11) is 3.18. The zero-order valence-corrected chi connectivity index (χ0v) is 18.9. The summed E-state index contributed by atoms with van der Waals surface area (Å²) in [5, 5.41) is 15.9. The number of rotatable bonds is 8. The zero-order valence-electron chi connectivity index (χ0n) is 18.9. The fourth-order valence-electron chi connectivity index (χ4n) is 2.98. The van der Waals surface area contributed by atoms with Gasteiger partial charge in [0.05, 0.1) is 19.8 Å². The van der Waals surface area contributed by atoms with Gasteiger partial charge in [0.2, 0.25) is 5.95 Å². The van der Waals surface area contributed by atoms with Gasteiger partial charge in [-0.3, -0.25) is 0 Å². The molecule has 168 valence electrons. The quantitative estimate of drug-likeness (QED) is 0.450. The van der Waals surface area contributed by atoms with Crippen molar-refractivity contribution in [2.24, 2.45) is 5.41 Å². The predicted octanol–water partition coefficient (Wildman–Crippen LogP) is 5.06. The summed E-state index contributed by atoms with van der Waals surface area (Å²) >= 11 is 0. The molecule has 3 N–H and O–H groups in total. The maximum atomic E-state index is 11.4. The first kappa shape index (κ1) is 22.9. The Labute approximate surface area is 187 Å². The van der Waals surface area contributed by atoms with Crippen molar-refractivity contribution in [2.45, 2.75) is 20.8 Å². The van der Waals surface area contributed by atoms with Gasteiger partial charge in [-0.05, 0) is 17.5 Å². The molecule has 0 radical (unpaired) electrons. The topological polar surface area (TPSA) is 106 Å². The fourth-order valence-corrected chi connectivity index (χ4v) is 2.98. The number of benzene rings is 2. The third kappa shape index (κ3) is 5.87. The van der Waals surface area contributed by atoms with Gasteiger partial charge in [-0.15, -0.1) is 0 Å². The first-order valence-corrected chi connectivity index (χ1v) is 10.1. The van der Waals surface area contributed by atoms with Gasteiger partial charge in [-0.1, -0.05) is 26.8 Å². The minimum Gasteiger partial charge on any atom is -0.497 e. The second-order valence-corrected chi connectivity index (χ2v) is 8.50. The number of ether oxygens (including phenoxy) is 2. The van der Waals surface area contributed by atoms with Gasteiger partial charge in [0.15, 0.2) is 0 Å². The molecule has 0 aliphatic heterocycles. The lowest BCUT2D eigenvalue weighted by Gasteiger charge is -2.21. The number of aromatic carboxylic acids is 1. The van der Waals surface area contributed by atoms with Gasteiger partial charge in [-0.2, -0.15) is 0 Å². The number of nitrogens with one attached hydrogen (secondary N) is 2. The van der Waals surface area contributed by atoms with Crippen LogP contribution in [0, 0.1) is 5.41 Å². The minimum absolute atomic E-state index is 0.0264. The van der Waals surface area contributed by atoms with Crippen LogP contribution in [0.2, 0.25) is 0 Å². The lowest BCUT2D eigenvalue weighted by atomic mass is 9.96. The van der Waals surface area contributed by atoms with Crippen LogP contribution in [0.1, 0.15) is 31.1 Å². The molecular formula is C24H28N4O4. The molecule has 0 aliphatic rings. The lowest BCUT2D eigenvalue weighted by molar-refractivity contribution is 0.0697. The van der Waals surface area contributed by atoms with Crippen LogP contribution < -0.4 is 20.1 Å². The second-order valence-electron chi connectivity index (χ2n) is 8.50. The van der Waals surface area contributed by atoms with Crippen molar-refractivity contribution in [3.63, 3.8) is 0 Å². The van der Waals surface area contributed by atoms with E-state index in [4.69, 9.17) is 9.47 Å². The summed E-state index contributed by atoms with van der Waals surface area (Å²) in [6, 6.07) is 10.4. The summed E-state index contributed by atoms with van der Waals surface area (Å²) in [6.45, 7) is 7.01. The van der Waals surface area contributed by atoms with E-state index < -0.39 is 5.97 Å². The average Bonchev–Trinajstić information content (AvgIpc) is 2.77. The summed E-state index contributed by atoms with van der Waals surface area (Å²) in [5.41, 5.74) is 3.30. The van der Waals surface area contributed by atoms with Crippen LogP contribution in [0.4, 0.5) is 17.3 Å². The smallest absolute Gasteiger partial charge is 0.335 e. The predicted molar refractivity (Wildman–Crippen MR) is 125 cm³/mol. The highest BCUT2D eigenvalue weighted by Gasteiger charge is 2.15. The first-order valence-electron chi connectivity index (χ1n) is 10.1. The Hall–Kier alpha value is -3.81. The van der Waals surface area contributed by atoms with Gasteiger partial charge in [0.1, 0.15) is 11.5 Å². The SMILES string of the molecule is COc1cc(Nc2ncc(-c3ccc(C(=O)O)cc3NCC(C)(C)C)cn2)cc(OC)c1. The van der Waals surface area contributed by atoms with Crippen LogP contribution >= 0.6 is 0 Å². The van der Waals surface area contributed by atoms with Crippen LogP contribution in [0.15, 0.2) is 48.8 Å². The number of nitrogens with zero attached hydrogens (tertiary/aromatic N) is 2. The van der Waals surface area contributed by atoms with Crippen molar-refractivity contribution in [3.05, 3.63) is 54.4 Å². The van der Waals surface area contributed by atoms with Crippen molar-refractivity contribution in [1.82, 2.24) is 9.97 Å². The number of carboxylic acid groups (broad SMARTS) is 1. The van der Waals surface area contributed by atoms with E-state index >= 15 is 0 Å². The highest BCUT2D eigenvalue weighted by Crippen LogP contribution is 2.31. The van der Waals surface area contributed by atoms with Gasteiger partial charge in [-0.25, -0.2) is 14.8 Å². The molecule has 0 fully saturated rings. The lowest BCUT2D eigenvalue weighted by Crippen LogP contribution is -2.19. The monoisotopic (exact) mass is 436 g/mol. The normalized spacial score (nSPS) is 11.0. The van der Waals surface area contributed by atoms with Gasteiger partial charge in [0, 0.05) is 59.6 Å². The van der Waals surface area contributed by atoms with Crippen molar-refractivity contribution in [2.75, 3.05) is 31.4 Å². The van der Waals surface area contributed by atoms with Crippen LogP contribution in [-0.4, -0.2) is 41.8 Å². The van der Waals surface area contributed by atoms with E-state index in [9.17, 15) is 9.90 Å². The molecule has 0 saturated carbocycles. The number of carbonyl (C=O) groups is 1. The molecule has 0 unspecified atom stereocenters. The maximum Gasteiger partial charge on any atom is 0.335 e. The molecule has 8 heteroatoms. The molecule has 2 aromatic carbocycles. The van der Waals surface area contributed by atoms with Crippen molar-refractivity contribution in [3.8, 4) is 22.6 Å². The van der Waals surface area contributed by atoms with Crippen LogP contribution in [0.3, 0.4) is 0 Å². The van der Waals surface area contributed by atoms with Crippen LogP contribution in [0.5, 0.6) is 11.5 Å². The molecule has 3 aromatic rings. The Balaban J connectivity index is 1.87. The van der Waals surface area contributed by atoms with Crippen molar-refractivity contribution >= 4 is 23.3 Å². The summed E-state index contributed by atoms with van der Waals surface area (Å²) < 4.78 is 10.6. The van der Waals surface area contributed by atoms with E-state index in [0.29, 0.717) is 24.0 Å². The molecule has 8 nitrogen and oxygen atoms in total. The number of hydrogen-bond acceptors (Lipinski definition) is 7. The Morgan fingerprint density at radius 1 is 1.00 bits per heavy atom. The van der Waals surface area contributed by atoms with Crippen molar-refractivity contribution in [1.29, 1.82) is 0 Å². The van der Waals surface area contributed by atoms with E-state index in [-0.39, 0.29) is 11.0 Å². The van der Waals surface area contributed by atoms with E-state index in [1.807, 2.05) is 12.1 Å². The Morgan fingerprint density at radius 3 is 2.16 bits per heavy atom. The Bertz CT molecular complexity index is 1070. The highest BCUT2D eigenvalue weighted by atomic mass is 16.5. The average molecular weight is 437 g/mol. The molecule has 0 amide bonds. The number of carboxylic acids is 1. The Morgan fingerprint density at radius 2 is 1.62 bits per heavy atom. The number of anilines is 3. The van der Waals surface area contributed by atoms with E-state index in [0.717, 1.165) is 22.5 Å². The van der Waals surface area contributed by atoms with Gasteiger partial charge in [0.25, 0.3) is 0 Å². The third-order valence-corrected chi connectivity index (χ3v) is 4.65. The van der Waals surface area contributed by atoms with E-state index in [1.54, 1.807) is 50.9 Å². The molecule has 32 heavy (non-hydrogen) atoms. The number of methoxy groups -OCH3 is 2. The van der Waals surface area contributed by atoms with E-state index in [1.165, 1.54) is 0 Å². The maximum absolute atomic E-state index is 11.4. The van der Waals surface area contributed by atoms with Gasteiger partial charge < -0.3 is 25.2 Å². The third-order valence-electron chi connectivity index (χ3n) is 4.65. The molecule has 0 saturated heterocycles. The number of hydrogen-bond donors (Lipinski definition) is 3. The summed E-state index contributed by atoms with van der Waals surface area (Å²) in [5.74, 6) is 0.739. The molecule has 0 aliphatic carbocycles. The fraction of sp³-hybridized carbons (Fsp3) is 0.292. The highest BCUT2D eigenvalue weighted by molar-refractivity contribution is 5.91. The minimum atomic E-state index is -0.972. The molecule has 3 rings (SSSR count). The molecule has 0 spiro atoms. The molecule has 0 bridgehead atoms. The van der Waals surface area contributed by atoms with E-state index in [2.05, 4.69) is 41.4 Å². The number of aromatic nitrogens is 2. The molecule has 1 aromatic heterocycles. The Kier molecular flexibility index (Phi) is 6.82. The first-order chi connectivity index (χ1) is 15.2. The van der Waals surface area contributed by atoms with Gasteiger partial charge >= 0.3 is 5.97 Å². The molecule has 0 atom stereocenters. The summed E-state index contributed by atoms with van der Waals surface area (Å²) in [4.78, 5) is 20.3. The largest absolute Gasteiger partial charge is 0.497 e. The van der Waals surface area contributed by atoms with Crippen LogP contribution in [-0.2, 0) is 0 Å². The summed E-state index contributed by atoms with van der Waals surface area (Å²) in [6.07, 6.45) is 3.40.